The first-order valence-corrected chi connectivity index (χ1v) is 3.96. The van der Waals surface area contributed by atoms with E-state index in [1.54, 1.807) is 0 Å². The van der Waals surface area contributed by atoms with Crippen molar-refractivity contribution >= 4 is 5.97 Å². The van der Waals surface area contributed by atoms with E-state index in [1.165, 1.54) is 0 Å². The van der Waals surface area contributed by atoms with Crippen molar-refractivity contribution in [2.24, 2.45) is 0 Å². The van der Waals surface area contributed by atoms with Gasteiger partial charge in [0, 0.05) is 25.9 Å². The van der Waals surface area contributed by atoms with E-state index in [-0.39, 0.29) is 25.4 Å². The normalized spacial score (nSPS) is 8.55. The Balaban J connectivity index is 0. The first-order chi connectivity index (χ1) is 4.81. The Labute approximate surface area is 81.5 Å². The number of unbranched alkanes of at least 4 members (excludes halogenated alkanes) is 2. The smallest absolute Gasteiger partial charge is 0.305 e. The molecular formula is C8H16O2Rh. The van der Waals surface area contributed by atoms with Crippen LogP contribution in [0.1, 0.15) is 39.5 Å². The van der Waals surface area contributed by atoms with E-state index in [0.717, 1.165) is 19.3 Å². The number of ether oxygens (including phenoxy) is 1. The third-order valence-corrected chi connectivity index (χ3v) is 1.29. The SMILES string of the molecule is CCCCCC(=O)OCC.[Rh]. The molecule has 0 unspecified atom stereocenters. The van der Waals surface area contributed by atoms with Crippen LogP contribution in [0.5, 0.6) is 0 Å². The fraction of sp³-hybridized carbons (Fsp3) is 0.875. The maximum Gasteiger partial charge on any atom is 0.305 e. The number of carbonyl (C=O) groups is 1. The average molecular weight is 247 g/mol. The van der Waals surface area contributed by atoms with Crippen molar-refractivity contribution in [1.29, 1.82) is 0 Å². The second kappa shape index (κ2) is 10.1. The summed E-state index contributed by atoms with van der Waals surface area (Å²) in [5, 5.41) is 0. The van der Waals surface area contributed by atoms with Crippen LogP contribution in [0.4, 0.5) is 0 Å². The van der Waals surface area contributed by atoms with Gasteiger partial charge in [0.1, 0.15) is 0 Å². The van der Waals surface area contributed by atoms with Gasteiger partial charge in [-0.15, -0.1) is 0 Å². The Morgan fingerprint density at radius 1 is 1.27 bits per heavy atom. The van der Waals surface area contributed by atoms with Crippen molar-refractivity contribution in [2.75, 3.05) is 6.61 Å². The molecule has 0 aromatic heterocycles. The zero-order valence-electron chi connectivity index (χ0n) is 7.19. The van der Waals surface area contributed by atoms with E-state index in [0.29, 0.717) is 13.0 Å². The number of rotatable bonds is 5. The summed E-state index contributed by atoms with van der Waals surface area (Å²) in [6.45, 7) is 4.45. The van der Waals surface area contributed by atoms with Crippen molar-refractivity contribution in [3.05, 3.63) is 0 Å². The first-order valence-electron chi connectivity index (χ1n) is 3.96. The van der Waals surface area contributed by atoms with E-state index in [9.17, 15) is 4.79 Å². The van der Waals surface area contributed by atoms with Crippen molar-refractivity contribution in [3.8, 4) is 0 Å². The Morgan fingerprint density at radius 3 is 2.36 bits per heavy atom. The van der Waals surface area contributed by atoms with Crippen molar-refractivity contribution in [3.63, 3.8) is 0 Å². The van der Waals surface area contributed by atoms with E-state index in [1.807, 2.05) is 6.92 Å². The predicted molar refractivity (Wildman–Crippen MR) is 40.8 cm³/mol. The summed E-state index contributed by atoms with van der Waals surface area (Å²) in [6.07, 6.45) is 3.83. The topological polar surface area (TPSA) is 26.3 Å². The van der Waals surface area contributed by atoms with Gasteiger partial charge < -0.3 is 4.74 Å². The van der Waals surface area contributed by atoms with Gasteiger partial charge in [-0.2, -0.15) is 0 Å². The molecule has 0 saturated heterocycles. The van der Waals surface area contributed by atoms with E-state index in [4.69, 9.17) is 4.74 Å². The molecule has 3 heteroatoms. The Hall–Kier alpha value is 0.0934. The molecule has 69 valence electrons. The van der Waals surface area contributed by atoms with Crippen LogP contribution in [0.15, 0.2) is 0 Å². The monoisotopic (exact) mass is 247 g/mol. The maximum atomic E-state index is 10.7. The summed E-state index contributed by atoms with van der Waals surface area (Å²) in [5.41, 5.74) is 0. The van der Waals surface area contributed by atoms with E-state index >= 15 is 0 Å². The maximum absolute atomic E-state index is 10.7. The van der Waals surface area contributed by atoms with E-state index < -0.39 is 0 Å². The predicted octanol–water partition coefficient (Wildman–Crippen LogP) is 2.13. The molecule has 0 aliphatic carbocycles. The first kappa shape index (κ1) is 13.7. The second-order valence-corrected chi connectivity index (χ2v) is 2.26. The minimum absolute atomic E-state index is 0. The van der Waals surface area contributed by atoms with Gasteiger partial charge in [-0.3, -0.25) is 4.79 Å². The molecular weight excluding hydrogens is 231 g/mol. The van der Waals surface area contributed by atoms with E-state index in [2.05, 4.69) is 6.92 Å². The van der Waals surface area contributed by atoms with Gasteiger partial charge in [0.05, 0.1) is 6.61 Å². The minimum atomic E-state index is -0.0593. The molecule has 0 N–H and O–H groups in total. The van der Waals surface area contributed by atoms with Crippen LogP contribution in [0.3, 0.4) is 0 Å². The summed E-state index contributed by atoms with van der Waals surface area (Å²) in [7, 11) is 0. The summed E-state index contributed by atoms with van der Waals surface area (Å²) >= 11 is 0. The van der Waals surface area contributed by atoms with Gasteiger partial charge in [0.2, 0.25) is 0 Å². The summed E-state index contributed by atoms with van der Waals surface area (Å²) in [6, 6.07) is 0. The van der Waals surface area contributed by atoms with Crippen LogP contribution in [0, 0.1) is 0 Å². The van der Waals surface area contributed by atoms with Crippen LogP contribution in [0.25, 0.3) is 0 Å². The summed E-state index contributed by atoms with van der Waals surface area (Å²) < 4.78 is 4.75. The zero-order valence-corrected chi connectivity index (χ0v) is 8.82. The van der Waals surface area contributed by atoms with Gasteiger partial charge >= 0.3 is 5.97 Å². The third-order valence-electron chi connectivity index (χ3n) is 1.29. The zero-order chi connectivity index (χ0) is 7.82. The quantitative estimate of drug-likeness (QED) is 0.422. The van der Waals surface area contributed by atoms with Crippen LogP contribution in [-0.2, 0) is 29.0 Å². The van der Waals surface area contributed by atoms with Crippen LogP contribution < -0.4 is 0 Å². The number of carbonyl (C=O) groups excluding carboxylic acids is 1. The minimum Gasteiger partial charge on any atom is -0.466 e. The molecule has 0 aliphatic rings. The second-order valence-electron chi connectivity index (χ2n) is 2.26. The molecule has 1 radical (unpaired) electrons. The van der Waals surface area contributed by atoms with Crippen LogP contribution >= 0.6 is 0 Å². The fourth-order valence-corrected chi connectivity index (χ4v) is 0.752. The summed E-state index contributed by atoms with van der Waals surface area (Å²) in [4.78, 5) is 10.7. The number of esters is 1. The summed E-state index contributed by atoms with van der Waals surface area (Å²) in [5.74, 6) is -0.0593. The molecule has 0 spiro atoms. The van der Waals surface area contributed by atoms with Crippen molar-refractivity contribution in [1.82, 2.24) is 0 Å². The molecule has 2 nitrogen and oxygen atoms in total. The van der Waals surface area contributed by atoms with Crippen LogP contribution in [0.2, 0.25) is 0 Å². The largest absolute Gasteiger partial charge is 0.466 e. The number of hydrogen-bond donors (Lipinski definition) is 0. The molecule has 0 aromatic carbocycles. The van der Waals surface area contributed by atoms with Crippen LogP contribution in [-0.4, -0.2) is 12.6 Å². The molecule has 0 rings (SSSR count). The molecule has 0 fully saturated rings. The van der Waals surface area contributed by atoms with Gasteiger partial charge in [-0.05, 0) is 13.3 Å². The molecule has 0 amide bonds. The molecule has 0 saturated carbocycles. The molecule has 0 heterocycles. The Bertz CT molecular complexity index is 94.1. The molecule has 11 heavy (non-hydrogen) atoms. The van der Waals surface area contributed by atoms with Gasteiger partial charge in [-0.25, -0.2) is 0 Å². The van der Waals surface area contributed by atoms with Gasteiger partial charge in [0.15, 0.2) is 0 Å². The third kappa shape index (κ3) is 10.1. The number of hydrogen-bond acceptors (Lipinski definition) is 2. The molecule has 0 aliphatic heterocycles. The standard InChI is InChI=1S/C8H16O2.Rh/c1-3-5-6-7-8(9)10-4-2;/h3-7H2,1-2H3;. The van der Waals surface area contributed by atoms with Crippen molar-refractivity contribution in [2.45, 2.75) is 39.5 Å². The van der Waals surface area contributed by atoms with Gasteiger partial charge in [0.25, 0.3) is 0 Å². The average Bonchev–Trinajstić information content (AvgIpc) is 1.89. The Kier molecular flexibility index (Phi) is 12.5. The molecule has 0 bridgehead atoms. The Morgan fingerprint density at radius 2 is 1.91 bits per heavy atom. The fourth-order valence-electron chi connectivity index (χ4n) is 0.752. The van der Waals surface area contributed by atoms with Crippen molar-refractivity contribution < 1.29 is 29.0 Å². The molecule has 0 aromatic rings. The molecule has 0 atom stereocenters. The van der Waals surface area contributed by atoms with Gasteiger partial charge in [-0.1, -0.05) is 19.8 Å².